The van der Waals surface area contributed by atoms with Crippen LogP contribution in [0.1, 0.15) is 32.6 Å². The summed E-state index contributed by atoms with van der Waals surface area (Å²) in [6.07, 6.45) is 7.38. The van der Waals surface area contributed by atoms with Crippen molar-refractivity contribution in [3.05, 3.63) is 12.2 Å². The average Bonchev–Trinajstić information content (AvgIpc) is 2.79. The number of nitrogens with one attached hydrogen (secondary N) is 1. The molecule has 0 aromatic carbocycles. The lowest BCUT2D eigenvalue weighted by atomic mass is 9.98. The molecule has 84 valence electrons. The predicted molar refractivity (Wildman–Crippen MR) is 58.2 cm³/mol. The highest BCUT2D eigenvalue weighted by molar-refractivity contribution is 5.76. The Morgan fingerprint density at radius 1 is 1.47 bits per heavy atom. The summed E-state index contributed by atoms with van der Waals surface area (Å²) < 4.78 is 0. The molecule has 1 amide bonds. The van der Waals surface area contributed by atoms with Crippen LogP contribution in [-0.4, -0.2) is 23.2 Å². The number of aliphatic hydroxyl groups excluding tert-OH is 1. The lowest BCUT2D eigenvalue weighted by molar-refractivity contribution is -0.122. The largest absolute Gasteiger partial charge is 0.390 e. The molecule has 3 nitrogen and oxygen atoms in total. The molecule has 2 aliphatic rings. The third-order valence-electron chi connectivity index (χ3n) is 3.50. The summed E-state index contributed by atoms with van der Waals surface area (Å²) in [4.78, 5) is 11.5. The van der Waals surface area contributed by atoms with Gasteiger partial charge in [-0.3, -0.25) is 4.79 Å². The van der Waals surface area contributed by atoms with E-state index in [1.807, 2.05) is 0 Å². The van der Waals surface area contributed by atoms with Crippen LogP contribution in [-0.2, 0) is 4.79 Å². The first-order chi connectivity index (χ1) is 7.22. The highest BCUT2D eigenvalue weighted by atomic mass is 16.3. The molecule has 2 rings (SSSR count). The monoisotopic (exact) mass is 209 g/mol. The van der Waals surface area contributed by atoms with Gasteiger partial charge in [-0.15, -0.1) is 0 Å². The number of carbonyl (C=O) groups excluding carboxylic acids is 1. The van der Waals surface area contributed by atoms with E-state index in [0.717, 1.165) is 19.3 Å². The summed E-state index contributed by atoms with van der Waals surface area (Å²) in [6.45, 7) is 2.07. The van der Waals surface area contributed by atoms with E-state index in [9.17, 15) is 9.90 Å². The average molecular weight is 209 g/mol. The standard InChI is InChI=1S/C12H19NO2/c1-2-3-4-10(14)13-11-8-5-6-9(7-8)12(11)15/h5-6,8-9,11-12,15H,2-4,7H2,1H3,(H,13,14)/t8-,9+,11-,12+/m1/s1. The molecule has 0 unspecified atom stereocenters. The Morgan fingerprint density at radius 3 is 2.80 bits per heavy atom. The molecule has 2 aliphatic carbocycles. The SMILES string of the molecule is CCCCC(=O)N[C@H]1[C@@H](O)[C@H]2C=C[C@@H]1C2. The van der Waals surface area contributed by atoms with E-state index in [0.29, 0.717) is 12.3 Å². The molecule has 3 heteroatoms. The molecule has 0 aliphatic heterocycles. The molecule has 0 heterocycles. The van der Waals surface area contributed by atoms with E-state index in [2.05, 4.69) is 24.4 Å². The number of hydrogen-bond donors (Lipinski definition) is 2. The van der Waals surface area contributed by atoms with Crippen LogP contribution in [0.15, 0.2) is 12.2 Å². The summed E-state index contributed by atoms with van der Waals surface area (Å²) in [5.74, 6) is 0.712. The van der Waals surface area contributed by atoms with Crippen molar-refractivity contribution >= 4 is 5.91 Å². The van der Waals surface area contributed by atoms with Gasteiger partial charge in [0, 0.05) is 18.3 Å². The molecule has 0 aromatic rings. The minimum atomic E-state index is -0.370. The number of unbranched alkanes of at least 4 members (excludes halogenated alkanes) is 1. The van der Waals surface area contributed by atoms with Crippen molar-refractivity contribution in [3.8, 4) is 0 Å². The van der Waals surface area contributed by atoms with E-state index in [1.165, 1.54) is 0 Å². The van der Waals surface area contributed by atoms with Gasteiger partial charge in [0.2, 0.25) is 5.91 Å². The first-order valence-corrected chi connectivity index (χ1v) is 5.88. The molecule has 0 spiro atoms. The first-order valence-electron chi connectivity index (χ1n) is 5.88. The first kappa shape index (κ1) is 10.7. The molecule has 4 atom stereocenters. The van der Waals surface area contributed by atoms with Crippen LogP contribution < -0.4 is 5.32 Å². The van der Waals surface area contributed by atoms with Crippen LogP contribution in [0.5, 0.6) is 0 Å². The lowest BCUT2D eigenvalue weighted by Crippen LogP contribution is -2.45. The molecule has 1 fully saturated rings. The Hall–Kier alpha value is -0.830. The third-order valence-corrected chi connectivity index (χ3v) is 3.50. The van der Waals surface area contributed by atoms with E-state index >= 15 is 0 Å². The molecule has 15 heavy (non-hydrogen) atoms. The van der Waals surface area contributed by atoms with Crippen LogP contribution in [0.4, 0.5) is 0 Å². The van der Waals surface area contributed by atoms with Crippen LogP contribution in [0.3, 0.4) is 0 Å². The highest BCUT2D eigenvalue weighted by Crippen LogP contribution is 2.39. The fourth-order valence-corrected chi connectivity index (χ4v) is 2.58. The Labute approximate surface area is 90.6 Å². The molecule has 2 N–H and O–H groups in total. The fourth-order valence-electron chi connectivity index (χ4n) is 2.58. The topological polar surface area (TPSA) is 49.3 Å². The van der Waals surface area contributed by atoms with Gasteiger partial charge in [-0.1, -0.05) is 25.5 Å². The summed E-state index contributed by atoms with van der Waals surface area (Å²) in [5, 5.41) is 12.8. The van der Waals surface area contributed by atoms with E-state index < -0.39 is 0 Å². The van der Waals surface area contributed by atoms with Crippen molar-refractivity contribution in [1.82, 2.24) is 5.32 Å². The molecule has 0 saturated heterocycles. The second kappa shape index (κ2) is 4.35. The van der Waals surface area contributed by atoms with Crippen LogP contribution in [0, 0.1) is 11.8 Å². The molecule has 0 aromatic heterocycles. The Bertz CT molecular complexity index is 275. The maximum atomic E-state index is 11.5. The number of carbonyl (C=O) groups is 1. The smallest absolute Gasteiger partial charge is 0.220 e. The molecule has 0 radical (unpaired) electrons. The van der Waals surface area contributed by atoms with Crippen molar-refractivity contribution in [2.75, 3.05) is 0 Å². The zero-order valence-corrected chi connectivity index (χ0v) is 9.15. The van der Waals surface area contributed by atoms with Gasteiger partial charge in [-0.05, 0) is 12.8 Å². The van der Waals surface area contributed by atoms with Crippen molar-refractivity contribution in [2.45, 2.75) is 44.8 Å². The lowest BCUT2D eigenvalue weighted by Gasteiger charge is -2.24. The van der Waals surface area contributed by atoms with Crippen molar-refractivity contribution in [3.63, 3.8) is 0 Å². The van der Waals surface area contributed by atoms with Crippen molar-refractivity contribution < 1.29 is 9.90 Å². The highest BCUT2D eigenvalue weighted by Gasteiger charge is 2.44. The minimum absolute atomic E-state index is 0.0376. The predicted octanol–water partition coefficient (Wildman–Crippen LogP) is 1.23. The maximum Gasteiger partial charge on any atom is 0.220 e. The van der Waals surface area contributed by atoms with Crippen molar-refractivity contribution in [2.24, 2.45) is 11.8 Å². The number of hydrogen-bond acceptors (Lipinski definition) is 2. The molecular formula is C12H19NO2. The van der Waals surface area contributed by atoms with Gasteiger partial charge < -0.3 is 10.4 Å². The van der Waals surface area contributed by atoms with Crippen LogP contribution in [0.25, 0.3) is 0 Å². The summed E-state index contributed by atoms with van der Waals surface area (Å²) in [6, 6.07) is -0.0376. The summed E-state index contributed by atoms with van der Waals surface area (Å²) >= 11 is 0. The second-order valence-corrected chi connectivity index (χ2v) is 4.64. The maximum absolute atomic E-state index is 11.5. The van der Waals surface area contributed by atoms with Gasteiger partial charge in [0.1, 0.15) is 0 Å². The number of aliphatic hydroxyl groups is 1. The quantitative estimate of drug-likeness (QED) is 0.684. The van der Waals surface area contributed by atoms with Gasteiger partial charge in [-0.25, -0.2) is 0 Å². The second-order valence-electron chi connectivity index (χ2n) is 4.64. The molecule has 1 saturated carbocycles. The van der Waals surface area contributed by atoms with Crippen molar-refractivity contribution in [1.29, 1.82) is 0 Å². The van der Waals surface area contributed by atoms with E-state index in [4.69, 9.17) is 0 Å². The molecular weight excluding hydrogens is 190 g/mol. The number of amides is 1. The van der Waals surface area contributed by atoms with Gasteiger partial charge in [-0.2, -0.15) is 0 Å². The normalized spacial score (nSPS) is 37.2. The summed E-state index contributed by atoms with van der Waals surface area (Å²) in [7, 11) is 0. The van der Waals surface area contributed by atoms with E-state index in [-0.39, 0.29) is 24.0 Å². The number of rotatable bonds is 4. The third kappa shape index (κ3) is 2.07. The zero-order valence-electron chi connectivity index (χ0n) is 9.15. The zero-order chi connectivity index (χ0) is 10.8. The van der Waals surface area contributed by atoms with Gasteiger partial charge in [0.05, 0.1) is 12.1 Å². The van der Waals surface area contributed by atoms with Crippen LogP contribution in [0.2, 0.25) is 0 Å². The molecule has 2 bridgehead atoms. The fraction of sp³-hybridized carbons (Fsp3) is 0.750. The van der Waals surface area contributed by atoms with Gasteiger partial charge in [0.25, 0.3) is 0 Å². The Morgan fingerprint density at radius 2 is 2.20 bits per heavy atom. The van der Waals surface area contributed by atoms with Gasteiger partial charge in [0.15, 0.2) is 0 Å². The summed E-state index contributed by atoms with van der Waals surface area (Å²) in [5.41, 5.74) is 0. The van der Waals surface area contributed by atoms with Crippen LogP contribution >= 0.6 is 0 Å². The Kier molecular flexibility index (Phi) is 3.10. The van der Waals surface area contributed by atoms with Gasteiger partial charge >= 0.3 is 0 Å². The Balaban J connectivity index is 1.85. The minimum Gasteiger partial charge on any atom is -0.390 e. The van der Waals surface area contributed by atoms with E-state index in [1.54, 1.807) is 0 Å². The number of fused-ring (bicyclic) bond motifs is 2.